The van der Waals surface area contributed by atoms with Crippen molar-refractivity contribution < 1.29 is 66.7 Å². The number of esters is 6. The van der Waals surface area contributed by atoms with Crippen molar-refractivity contribution >= 4 is 178 Å². The zero-order valence-corrected chi connectivity index (χ0v) is 58.9. The maximum atomic E-state index is 12.3. The van der Waals surface area contributed by atoms with E-state index >= 15 is 0 Å². The number of hydrogen-bond acceptors (Lipinski definition) is 22. The average molecular weight is 1380 g/mol. The summed E-state index contributed by atoms with van der Waals surface area (Å²) in [7, 11) is 5.04. The van der Waals surface area contributed by atoms with Gasteiger partial charge in [-0.25, -0.2) is 4.79 Å². The smallest absolute Gasteiger partial charge is 0.415 e. The summed E-state index contributed by atoms with van der Waals surface area (Å²) in [6.45, 7) is 17.3. The van der Waals surface area contributed by atoms with Crippen molar-refractivity contribution in [2.75, 3.05) is 75.5 Å². The standard InChI is InChI=1S/C20H21NO4S2.C15H19NO4S2.C14H23NO4S2.C14H19NO2S2/c1-3-24-18(22)17(19(23)25-4-2)27-20(26)21(15-11-7-5-8-12-15)16-13-9-6-10-14-16;1-4-19-13(17)12(14(18)20-5-2)22-15(21)16(3)11-9-7-6-8-10-11;1-4-19-12(16)10(2)21-14(20)15(13(17)18-3)11-8-6-5-7-9-11;1-5-17-13(16)11(3)19-14(18)15(4)12-9-7-6-8-10(12)2/h5-14,17H,3-4H2,1-2H3;6-10,12H,4-5H2,1-3H3;10-11H,4-9H2,1-3H3;6-9,11H,5H2,1-4H3. The molecule has 5 rings (SSSR count). The molecular formula is C63H82N4O14S8. The molecule has 0 heterocycles. The predicted octanol–water partition coefficient (Wildman–Crippen LogP) is 13.7. The molecule has 0 N–H and O–H groups in total. The molecule has 4 aromatic rings. The molecule has 0 spiro atoms. The van der Waals surface area contributed by atoms with Crippen LogP contribution in [0.15, 0.2) is 115 Å². The van der Waals surface area contributed by atoms with E-state index in [1.807, 2.05) is 139 Å². The number of amides is 1. The van der Waals surface area contributed by atoms with E-state index in [9.17, 15) is 33.6 Å². The number of carbonyl (C=O) groups is 7. The second kappa shape index (κ2) is 44.6. The lowest BCUT2D eigenvalue weighted by atomic mass is 9.95. The summed E-state index contributed by atoms with van der Waals surface area (Å²) in [6.07, 6.45) is 4.74. The first-order chi connectivity index (χ1) is 42.6. The molecule has 0 bridgehead atoms. The fraction of sp³-hybridized carbons (Fsp3) is 0.444. The summed E-state index contributed by atoms with van der Waals surface area (Å²) < 4.78 is 36.5. The number of para-hydroxylation sites is 4. The lowest BCUT2D eigenvalue weighted by Gasteiger charge is -2.33. The van der Waals surface area contributed by atoms with Gasteiger partial charge < -0.3 is 43.0 Å². The van der Waals surface area contributed by atoms with Gasteiger partial charge in [-0.1, -0.05) is 188 Å². The van der Waals surface area contributed by atoms with Crippen molar-refractivity contribution in [2.24, 2.45) is 0 Å². The molecule has 18 nitrogen and oxygen atoms in total. The van der Waals surface area contributed by atoms with Gasteiger partial charge in [-0.05, 0) is 123 Å². The minimum absolute atomic E-state index is 0.0700. The molecule has 0 radical (unpaired) electrons. The highest BCUT2D eigenvalue weighted by Gasteiger charge is 2.36. The van der Waals surface area contributed by atoms with Crippen molar-refractivity contribution in [3.05, 3.63) is 121 Å². The van der Waals surface area contributed by atoms with Gasteiger partial charge in [-0.2, -0.15) is 0 Å². The van der Waals surface area contributed by atoms with Crippen LogP contribution in [0.5, 0.6) is 0 Å². The second-order valence-corrected chi connectivity index (χ2v) is 25.9. The van der Waals surface area contributed by atoms with E-state index in [4.69, 9.17) is 82.0 Å². The first-order valence-electron chi connectivity index (χ1n) is 28.7. The number of rotatable bonds is 21. The van der Waals surface area contributed by atoms with Crippen molar-refractivity contribution in [3.63, 3.8) is 0 Å². The Morgan fingerprint density at radius 3 is 1.17 bits per heavy atom. The summed E-state index contributed by atoms with van der Waals surface area (Å²) in [5, 5.41) is -3.02. The Bertz CT molecular complexity index is 2820. The molecule has 2 atom stereocenters. The molecule has 2 unspecified atom stereocenters. The highest BCUT2D eigenvalue weighted by atomic mass is 32.2. The molecule has 89 heavy (non-hydrogen) atoms. The quantitative estimate of drug-likeness (QED) is 0.0330. The Labute approximate surface area is 563 Å². The third-order valence-corrected chi connectivity index (χ3v) is 18.3. The fourth-order valence-electron chi connectivity index (χ4n) is 7.76. The van der Waals surface area contributed by atoms with Crippen molar-refractivity contribution in [2.45, 2.75) is 121 Å². The van der Waals surface area contributed by atoms with Crippen LogP contribution in [0.2, 0.25) is 0 Å². The Hall–Kier alpha value is -5.87. The maximum absolute atomic E-state index is 12.3. The van der Waals surface area contributed by atoms with Crippen LogP contribution in [-0.2, 0) is 61.9 Å². The number of thiocarbonyl (C=S) groups is 4. The molecule has 0 aliphatic heterocycles. The number of nitrogens with zero attached hydrogens (tertiary/aromatic N) is 4. The van der Waals surface area contributed by atoms with Gasteiger partial charge in [0, 0.05) is 42.9 Å². The van der Waals surface area contributed by atoms with Gasteiger partial charge in [0.15, 0.2) is 0 Å². The Morgan fingerprint density at radius 2 is 0.787 bits per heavy atom. The molecule has 1 amide bonds. The van der Waals surface area contributed by atoms with Crippen LogP contribution in [0.4, 0.5) is 27.5 Å². The molecule has 1 aliphatic rings. The SMILES string of the molecule is CCOC(=O)C(C)SC(=S)N(C(=O)OC)C1CCCCC1.CCOC(=O)C(C)SC(=S)N(C)c1ccccc1C.CCOC(=O)C(SC(=S)N(C)c1ccccc1)C(=O)OCC.CCOC(=O)C(SC(=S)N(c1ccccc1)c1ccccc1)C(=O)OCC. The topological polar surface area (TPSA) is 197 Å². The van der Waals surface area contributed by atoms with E-state index < -0.39 is 45.7 Å². The third kappa shape index (κ3) is 28.0. The van der Waals surface area contributed by atoms with E-state index in [1.54, 1.807) is 67.3 Å². The van der Waals surface area contributed by atoms with E-state index in [0.717, 1.165) is 77.5 Å². The molecule has 486 valence electrons. The molecule has 0 saturated heterocycles. The average Bonchev–Trinajstić information content (AvgIpc) is 3.73. The van der Waals surface area contributed by atoms with Crippen LogP contribution in [0.3, 0.4) is 0 Å². The summed E-state index contributed by atoms with van der Waals surface area (Å²) in [5.41, 5.74) is 4.72. The normalized spacial score (nSPS) is 12.2. The number of aryl methyl sites for hydroxylation is 1. The first kappa shape index (κ1) is 79.2. The summed E-state index contributed by atoms with van der Waals surface area (Å²) in [6, 6.07) is 36.5. The third-order valence-electron chi connectivity index (χ3n) is 12.1. The van der Waals surface area contributed by atoms with E-state index in [-0.39, 0.29) is 49.7 Å². The van der Waals surface area contributed by atoms with E-state index in [0.29, 0.717) is 30.5 Å². The zero-order valence-electron chi connectivity index (χ0n) is 52.4. The Kier molecular flexibility index (Phi) is 39.7. The van der Waals surface area contributed by atoms with E-state index in [1.165, 1.54) is 42.0 Å². The van der Waals surface area contributed by atoms with Crippen molar-refractivity contribution in [1.29, 1.82) is 0 Å². The number of methoxy groups -OCH3 is 1. The van der Waals surface area contributed by atoms with Gasteiger partial charge in [-0.15, -0.1) is 0 Å². The molecule has 1 fully saturated rings. The number of carbonyl (C=O) groups excluding carboxylic acids is 7. The Morgan fingerprint density at radius 1 is 0.449 bits per heavy atom. The van der Waals surface area contributed by atoms with Crippen molar-refractivity contribution in [1.82, 2.24) is 4.90 Å². The van der Waals surface area contributed by atoms with Crippen molar-refractivity contribution in [3.8, 4) is 0 Å². The number of ether oxygens (including phenoxy) is 7. The summed E-state index contributed by atoms with van der Waals surface area (Å²) in [5.74, 6) is -3.16. The van der Waals surface area contributed by atoms with E-state index in [2.05, 4.69) is 0 Å². The number of thioether (sulfide) groups is 4. The fourth-order valence-corrected chi connectivity index (χ4v) is 13.0. The summed E-state index contributed by atoms with van der Waals surface area (Å²) in [4.78, 5) is 90.7. The minimum Gasteiger partial charge on any atom is -0.465 e. The number of hydrogen-bond donors (Lipinski definition) is 0. The van der Waals surface area contributed by atoms with Crippen LogP contribution in [0.25, 0.3) is 0 Å². The highest BCUT2D eigenvalue weighted by molar-refractivity contribution is 8.25. The number of anilines is 4. The lowest BCUT2D eigenvalue weighted by Crippen LogP contribution is -2.44. The second-order valence-electron chi connectivity index (χ2n) is 18.5. The molecule has 26 heteroatoms. The van der Waals surface area contributed by atoms with Crippen LogP contribution in [-0.4, -0.2) is 152 Å². The van der Waals surface area contributed by atoms with Gasteiger partial charge in [-0.3, -0.25) is 38.6 Å². The molecule has 1 aliphatic carbocycles. The minimum atomic E-state index is -1.17. The molecule has 4 aromatic carbocycles. The molecular weight excluding hydrogens is 1290 g/mol. The largest absolute Gasteiger partial charge is 0.465 e. The lowest BCUT2D eigenvalue weighted by molar-refractivity contribution is -0.154. The highest BCUT2D eigenvalue weighted by Crippen LogP contribution is 2.33. The Balaban J connectivity index is 0.000000408. The van der Waals surface area contributed by atoms with Gasteiger partial charge in [0.25, 0.3) is 0 Å². The van der Waals surface area contributed by atoms with Gasteiger partial charge in [0.2, 0.25) is 10.5 Å². The van der Waals surface area contributed by atoms with Crippen LogP contribution < -0.4 is 14.7 Å². The maximum Gasteiger partial charge on any atom is 0.415 e. The predicted molar refractivity (Wildman–Crippen MR) is 378 cm³/mol. The monoisotopic (exact) mass is 1370 g/mol. The van der Waals surface area contributed by atoms with Gasteiger partial charge >= 0.3 is 41.9 Å². The van der Waals surface area contributed by atoms with Crippen LogP contribution >= 0.6 is 95.9 Å². The van der Waals surface area contributed by atoms with Crippen LogP contribution in [0.1, 0.15) is 93.1 Å². The van der Waals surface area contributed by atoms with Gasteiger partial charge in [0.1, 0.15) is 27.8 Å². The zero-order chi connectivity index (χ0) is 66.4. The number of benzene rings is 4. The van der Waals surface area contributed by atoms with Gasteiger partial charge in [0.05, 0.1) is 46.8 Å². The molecule has 0 aromatic heterocycles. The first-order valence-corrected chi connectivity index (χ1v) is 33.9. The van der Waals surface area contributed by atoms with Crippen LogP contribution in [0, 0.1) is 6.92 Å². The molecule has 1 saturated carbocycles. The summed E-state index contributed by atoms with van der Waals surface area (Å²) >= 11 is 26.1.